The first-order chi connectivity index (χ1) is 22.7. The van der Waals surface area contributed by atoms with Gasteiger partial charge in [0.25, 0.3) is 0 Å². The molecule has 8 aromatic carbocycles. The maximum Gasteiger partial charge on any atom is -0.0178 e. The standard InChI is InChI=1S/C22H19.C21H17.C2H6Si.2ClH.Zr/c1-15(2)20-13-18-8-5-9-21(22(18)14-20)19-11-10-16-6-3-4-7-17(16)12-19;1-14-11-20-15(2)7-10-19(21(20)12-14)18-9-8-16-5-3-4-6-17(16)13-18;1-3-2;;;/h3-15H,1-2H3;3-13H,1-2H3;1-2H3;2*1H;/q2*-1;;;;+2/p-2. The average molecular weight is 773 g/mol. The molecule has 0 bridgehead atoms. The third kappa shape index (κ3) is 8.92. The Hall–Kier alpha value is -3.26. The fourth-order valence-corrected chi connectivity index (χ4v) is 6.40. The largest absolute Gasteiger partial charge is 1.00 e. The van der Waals surface area contributed by atoms with Crippen molar-refractivity contribution in [3.8, 4) is 22.3 Å². The number of benzene rings is 6. The molecule has 246 valence electrons. The van der Waals surface area contributed by atoms with Crippen LogP contribution in [0, 0.1) is 13.8 Å². The van der Waals surface area contributed by atoms with Crippen LogP contribution in [-0.4, -0.2) is 5.43 Å². The summed E-state index contributed by atoms with van der Waals surface area (Å²) in [4.78, 5) is 0. The molecule has 0 unspecified atom stereocenters. The number of rotatable bonds is 3. The van der Waals surface area contributed by atoms with Crippen LogP contribution in [-0.2, 0) is 23.3 Å². The number of fused-ring (bicyclic) bond motifs is 4. The van der Waals surface area contributed by atoms with Gasteiger partial charge in [-0.15, -0.1) is 68.6 Å². The Morgan fingerprint density at radius 3 is 1.63 bits per heavy atom. The molecule has 8 rings (SSSR count). The predicted octanol–water partition coefficient (Wildman–Crippen LogP) is 7.29. The number of hydrogen-bond donors (Lipinski definition) is 0. The SMILES string of the molecule is CC(C)c1cc2c(-c3ccc4ccccc4c3)cccc2[cH-]1.C[Si](C)=[Zr+2].Cc1cc2c(-c3ccc4ccccc4c3)ccc(C)c2[cH-]1.[Cl-].[Cl-]. The molecule has 0 spiro atoms. The minimum absolute atomic E-state index is 0. The van der Waals surface area contributed by atoms with Crippen LogP contribution in [0.1, 0.15) is 36.5 Å². The second-order valence-electron chi connectivity index (χ2n) is 13.2. The van der Waals surface area contributed by atoms with E-state index in [1.165, 1.54) is 82.0 Å². The van der Waals surface area contributed by atoms with E-state index in [0.29, 0.717) is 5.92 Å². The van der Waals surface area contributed by atoms with Crippen LogP contribution in [0.5, 0.6) is 0 Å². The zero-order valence-electron chi connectivity index (χ0n) is 29.1. The van der Waals surface area contributed by atoms with E-state index in [-0.39, 0.29) is 30.2 Å². The van der Waals surface area contributed by atoms with Crippen molar-refractivity contribution in [3.05, 3.63) is 156 Å². The quantitative estimate of drug-likeness (QED) is 0.131. The van der Waals surface area contributed by atoms with E-state index in [2.05, 4.69) is 180 Å². The Balaban J connectivity index is 0.000000192. The van der Waals surface area contributed by atoms with Gasteiger partial charge in [-0.3, -0.25) is 0 Å². The first-order valence-corrected chi connectivity index (χ1v) is 22.7. The van der Waals surface area contributed by atoms with E-state index in [1.54, 1.807) is 23.3 Å². The number of aryl methyl sites for hydroxylation is 2. The zero-order chi connectivity index (χ0) is 33.1. The van der Waals surface area contributed by atoms with Gasteiger partial charge in [0.15, 0.2) is 0 Å². The summed E-state index contributed by atoms with van der Waals surface area (Å²) in [7, 11) is 0. The van der Waals surface area contributed by atoms with Crippen LogP contribution in [0.25, 0.3) is 65.3 Å². The van der Waals surface area contributed by atoms with E-state index in [0.717, 1.165) is 0 Å². The van der Waals surface area contributed by atoms with Gasteiger partial charge in [-0.2, -0.15) is 12.1 Å². The van der Waals surface area contributed by atoms with E-state index >= 15 is 0 Å². The van der Waals surface area contributed by atoms with Gasteiger partial charge in [0.2, 0.25) is 0 Å². The molecule has 0 radical (unpaired) electrons. The summed E-state index contributed by atoms with van der Waals surface area (Å²) >= 11 is 1.74. The topological polar surface area (TPSA) is 0 Å². The van der Waals surface area contributed by atoms with Gasteiger partial charge in [-0.25, -0.2) is 0 Å². The van der Waals surface area contributed by atoms with Crippen molar-refractivity contribution in [1.29, 1.82) is 0 Å². The maximum absolute atomic E-state index is 2.35. The first kappa shape index (κ1) is 38.5. The van der Waals surface area contributed by atoms with Gasteiger partial charge < -0.3 is 24.8 Å². The molecular weight excluding hydrogens is 731 g/mol. The molecule has 0 fully saturated rings. The van der Waals surface area contributed by atoms with Gasteiger partial charge >= 0.3 is 41.9 Å². The maximum atomic E-state index is 2.35. The van der Waals surface area contributed by atoms with E-state index in [1.807, 2.05) is 0 Å². The molecule has 8 aromatic rings. The molecule has 0 saturated heterocycles. The van der Waals surface area contributed by atoms with Crippen molar-refractivity contribution in [2.45, 2.75) is 46.7 Å². The normalized spacial score (nSPS) is 10.6. The second kappa shape index (κ2) is 17.1. The molecule has 0 aliphatic carbocycles. The summed E-state index contributed by atoms with van der Waals surface area (Å²) in [5.41, 5.74) is 9.56. The molecule has 0 aromatic heterocycles. The fraction of sp³-hybridized carbons (Fsp3) is 0.156. The zero-order valence-corrected chi connectivity index (χ0v) is 34.1. The molecule has 0 saturated carbocycles. The van der Waals surface area contributed by atoms with Gasteiger partial charge in [-0.1, -0.05) is 124 Å². The molecule has 49 heavy (non-hydrogen) atoms. The van der Waals surface area contributed by atoms with Crippen LogP contribution in [0.4, 0.5) is 0 Å². The van der Waals surface area contributed by atoms with Crippen molar-refractivity contribution in [3.63, 3.8) is 0 Å². The van der Waals surface area contributed by atoms with Crippen molar-refractivity contribution in [2.24, 2.45) is 0 Å². The Labute approximate surface area is 319 Å². The van der Waals surface area contributed by atoms with Crippen molar-refractivity contribution >= 4 is 48.5 Å². The van der Waals surface area contributed by atoms with E-state index < -0.39 is 0 Å². The second-order valence-corrected chi connectivity index (χ2v) is 22.5. The van der Waals surface area contributed by atoms with Crippen LogP contribution < -0.4 is 24.8 Å². The molecular formula is C45H42Cl2SiZr-2. The number of hydrogen-bond acceptors (Lipinski definition) is 0. The summed E-state index contributed by atoms with van der Waals surface area (Å²) in [6.07, 6.45) is 0. The Morgan fingerprint density at radius 1 is 0.551 bits per heavy atom. The molecule has 0 aliphatic rings. The van der Waals surface area contributed by atoms with Crippen molar-refractivity contribution < 1.29 is 48.1 Å². The smallest absolute Gasteiger partial charge is 0.0178 e. The Bertz CT molecular complexity index is 2350. The average Bonchev–Trinajstić information content (AvgIpc) is 3.69. The van der Waals surface area contributed by atoms with Gasteiger partial charge in [0.05, 0.1) is 0 Å². The Kier molecular flexibility index (Phi) is 13.5. The Morgan fingerprint density at radius 2 is 1.08 bits per heavy atom. The molecule has 0 amide bonds. The molecule has 0 atom stereocenters. The summed E-state index contributed by atoms with van der Waals surface area (Å²) < 4.78 is 0. The fourth-order valence-electron chi connectivity index (χ4n) is 6.40. The van der Waals surface area contributed by atoms with Crippen LogP contribution in [0.2, 0.25) is 13.1 Å². The van der Waals surface area contributed by atoms with Crippen LogP contribution in [0.3, 0.4) is 0 Å². The van der Waals surface area contributed by atoms with E-state index in [4.69, 9.17) is 0 Å². The molecule has 0 nitrogen and oxygen atoms in total. The van der Waals surface area contributed by atoms with Crippen LogP contribution in [0.15, 0.2) is 140 Å². The number of halogens is 2. The first-order valence-electron chi connectivity index (χ1n) is 16.5. The monoisotopic (exact) mass is 770 g/mol. The molecule has 0 heterocycles. The minimum Gasteiger partial charge on any atom is -1.00 e. The summed E-state index contributed by atoms with van der Waals surface area (Å²) in [5, 5.41) is 10.6. The summed E-state index contributed by atoms with van der Waals surface area (Å²) in [6.45, 7) is 13.5. The third-order valence-electron chi connectivity index (χ3n) is 8.81. The van der Waals surface area contributed by atoms with Crippen LogP contribution >= 0.6 is 0 Å². The van der Waals surface area contributed by atoms with Gasteiger partial charge in [0, 0.05) is 0 Å². The summed E-state index contributed by atoms with van der Waals surface area (Å²) in [5.74, 6) is 0.567. The van der Waals surface area contributed by atoms with Crippen molar-refractivity contribution in [1.82, 2.24) is 0 Å². The van der Waals surface area contributed by atoms with Gasteiger partial charge in [0.1, 0.15) is 0 Å². The third-order valence-corrected chi connectivity index (χ3v) is 8.81. The molecule has 4 heteroatoms. The minimum atomic E-state index is 0. The molecule has 0 aliphatic heterocycles. The van der Waals surface area contributed by atoms with Gasteiger partial charge in [-0.05, 0) is 50.7 Å². The molecule has 0 N–H and O–H groups in total. The summed E-state index contributed by atoms with van der Waals surface area (Å²) in [6, 6.07) is 50.9. The van der Waals surface area contributed by atoms with E-state index in [9.17, 15) is 0 Å². The van der Waals surface area contributed by atoms with Crippen molar-refractivity contribution in [2.75, 3.05) is 0 Å². The predicted molar refractivity (Wildman–Crippen MR) is 206 cm³/mol.